The van der Waals surface area contributed by atoms with Crippen LogP contribution in [0, 0.1) is 4.77 Å². The number of aromatic amines is 1. The van der Waals surface area contributed by atoms with Crippen LogP contribution in [0.2, 0.25) is 0 Å². The lowest BCUT2D eigenvalue weighted by atomic mass is 10.1. The number of nitrogens with zero attached hydrogens (tertiary/aromatic N) is 1. The van der Waals surface area contributed by atoms with E-state index in [-0.39, 0.29) is 22.8 Å². The third-order valence-electron chi connectivity index (χ3n) is 3.76. The Morgan fingerprint density at radius 1 is 1.45 bits per heavy atom. The molecule has 2 aliphatic rings. The van der Waals surface area contributed by atoms with Crippen molar-refractivity contribution in [3.05, 3.63) is 26.9 Å². The van der Waals surface area contributed by atoms with Crippen LogP contribution in [0.15, 0.2) is 11.0 Å². The minimum atomic E-state index is -0.773. The fourth-order valence-corrected chi connectivity index (χ4v) is 3.28. The first-order chi connectivity index (χ1) is 10.4. The van der Waals surface area contributed by atoms with Crippen molar-refractivity contribution < 1.29 is 19.3 Å². The van der Waals surface area contributed by atoms with Crippen LogP contribution in [0.1, 0.15) is 25.6 Å². The zero-order valence-electron chi connectivity index (χ0n) is 12.1. The summed E-state index contributed by atoms with van der Waals surface area (Å²) >= 11 is 11.0. The third-order valence-corrected chi connectivity index (χ3v) is 4.37. The largest absolute Gasteiger partial charge is 0.394 e. The zero-order chi connectivity index (χ0) is 16.1. The number of aliphatic hydroxyl groups is 1. The van der Waals surface area contributed by atoms with Gasteiger partial charge in [-0.25, -0.2) is 0 Å². The van der Waals surface area contributed by atoms with Crippen molar-refractivity contribution in [3.63, 3.8) is 0 Å². The molecule has 7 nitrogen and oxygen atoms in total. The monoisotopic (exact) mass is 348 g/mol. The summed E-state index contributed by atoms with van der Waals surface area (Å²) in [6, 6.07) is 0. The van der Waals surface area contributed by atoms with Gasteiger partial charge in [-0.2, -0.15) is 0 Å². The highest BCUT2D eigenvalue weighted by molar-refractivity contribution is 7.71. The lowest BCUT2D eigenvalue weighted by Gasteiger charge is -2.25. The Hall–Kier alpha value is -0.770. The van der Waals surface area contributed by atoms with E-state index in [0.29, 0.717) is 5.56 Å². The van der Waals surface area contributed by atoms with Crippen molar-refractivity contribution in [1.82, 2.24) is 9.55 Å². The number of aliphatic hydroxyl groups excluding tert-OH is 1. The van der Waals surface area contributed by atoms with Crippen molar-refractivity contribution >= 4 is 23.8 Å². The molecule has 2 fully saturated rings. The highest BCUT2D eigenvalue weighted by Gasteiger charge is 2.55. The first-order valence-corrected chi connectivity index (χ1v) is 7.83. The fourth-order valence-electron chi connectivity index (χ4n) is 2.84. The van der Waals surface area contributed by atoms with Gasteiger partial charge in [0.25, 0.3) is 5.56 Å². The molecule has 2 unspecified atom stereocenters. The molecule has 0 aliphatic carbocycles. The number of fused-ring (bicyclic) bond motifs is 1. The van der Waals surface area contributed by atoms with Crippen LogP contribution in [0.5, 0.6) is 0 Å². The highest BCUT2D eigenvalue weighted by Crippen LogP contribution is 2.42. The molecule has 1 aromatic heterocycles. The van der Waals surface area contributed by atoms with E-state index in [2.05, 4.69) is 4.98 Å². The molecular weight excluding hydrogens is 332 g/mol. The van der Waals surface area contributed by atoms with Crippen LogP contribution in [-0.2, 0) is 20.1 Å². The maximum absolute atomic E-state index is 11.7. The number of rotatable bonds is 3. The third kappa shape index (κ3) is 2.64. The van der Waals surface area contributed by atoms with Crippen molar-refractivity contribution in [1.29, 1.82) is 0 Å². The summed E-state index contributed by atoms with van der Waals surface area (Å²) in [5.74, 6) is -0.720. The summed E-state index contributed by atoms with van der Waals surface area (Å²) < 4.78 is 19.3. The van der Waals surface area contributed by atoms with Gasteiger partial charge in [0.05, 0.1) is 12.5 Å². The second-order valence-corrected chi connectivity index (χ2v) is 6.42. The van der Waals surface area contributed by atoms with Gasteiger partial charge in [0.2, 0.25) is 0 Å². The number of H-pyrrole nitrogens is 1. The molecule has 0 amide bonds. The van der Waals surface area contributed by atoms with Crippen LogP contribution >= 0.6 is 23.8 Å². The van der Waals surface area contributed by atoms with Gasteiger partial charge in [-0.15, -0.1) is 11.6 Å². The van der Waals surface area contributed by atoms with Crippen molar-refractivity contribution in [2.75, 3.05) is 6.61 Å². The number of halogens is 1. The first-order valence-electron chi connectivity index (χ1n) is 6.88. The second kappa shape index (κ2) is 5.70. The average Bonchev–Trinajstić information content (AvgIpc) is 2.92. The Bertz CT molecular complexity index is 688. The molecule has 1 aromatic rings. The van der Waals surface area contributed by atoms with E-state index in [0.717, 1.165) is 0 Å². The van der Waals surface area contributed by atoms with E-state index in [9.17, 15) is 9.90 Å². The quantitative estimate of drug-likeness (QED) is 0.627. The van der Waals surface area contributed by atoms with Crippen LogP contribution in [-0.4, -0.2) is 45.4 Å². The van der Waals surface area contributed by atoms with Crippen LogP contribution < -0.4 is 5.56 Å². The van der Waals surface area contributed by atoms with Gasteiger partial charge in [0.15, 0.2) is 16.8 Å². The molecule has 0 saturated carbocycles. The standard InChI is InChI=1S/C13H17ClN2O5S/c1-13(2)20-8-7(5-17)19-11(9(8)21-13)16-4-6(3-14)10(18)15-12(16)22/h4,7-9,11,17H,3,5H2,1-2H3,(H,15,18,22)/t7-,8?,9?,11-/m1/s1. The maximum atomic E-state index is 11.7. The first kappa shape index (κ1) is 16.1. The normalized spacial score (nSPS) is 33.1. The van der Waals surface area contributed by atoms with Crippen LogP contribution in [0.25, 0.3) is 0 Å². The summed E-state index contributed by atoms with van der Waals surface area (Å²) in [6.07, 6.45) is -0.406. The molecule has 22 heavy (non-hydrogen) atoms. The fraction of sp³-hybridized carbons (Fsp3) is 0.692. The molecule has 0 aromatic carbocycles. The van der Waals surface area contributed by atoms with Gasteiger partial charge >= 0.3 is 0 Å². The lowest BCUT2D eigenvalue weighted by molar-refractivity contribution is -0.200. The minimum Gasteiger partial charge on any atom is -0.394 e. The van der Waals surface area contributed by atoms with Gasteiger partial charge in [0.1, 0.15) is 18.3 Å². The molecule has 2 saturated heterocycles. The van der Waals surface area contributed by atoms with Gasteiger partial charge in [0, 0.05) is 11.8 Å². The number of hydrogen-bond acceptors (Lipinski definition) is 6. The molecule has 4 atom stereocenters. The predicted octanol–water partition coefficient (Wildman–Crippen LogP) is 1.05. The molecule has 9 heteroatoms. The summed E-state index contributed by atoms with van der Waals surface area (Å²) in [4.78, 5) is 14.3. The van der Waals surface area contributed by atoms with Crippen molar-refractivity contribution in [3.8, 4) is 0 Å². The summed E-state index contributed by atoms with van der Waals surface area (Å²) in [5, 5.41) is 9.49. The van der Waals surface area contributed by atoms with Crippen LogP contribution in [0.4, 0.5) is 0 Å². The molecule has 0 bridgehead atoms. The molecule has 2 N–H and O–H groups in total. The van der Waals surface area contributed by atoms with E-state index in [1.165, 1.54) is 0 Å². The van der Waals surface area contributed by atoms with Gasteiger partial charge in [-0.1, -0.05) is 0 Å². The summed E-state index contributed by atoms with van der Waals surface area (Å²) in [7, 11) is 0. The lowest BCUT2D eigenvalue weighted by Crippen LogP contribution is -2.31. The molecule has 0 radical (unpaired) electrons. The molecule has 2 aliphatic heterocycles. The Balaban J connectivity index is 2.02. The van der Waals surface area contributed by atoms with Gasteiger partial charge in [-0.3, -0.25) is 14.3 Å². The average molecular weight is 349 g/mol. The molecule has 0 spiro atoms. The van der Waals surface area contributed by atoms with Crippen molar-refractivity contribution in [2.45, 2.75) is 50.1 Å². The predicted molar refractivity (Wildman–Crippen MR) is 80.3 cm³/mol. The molecular formula is C13H17ClN2O5S. The summed E-state index contributed by atoms with van der Waals surface area (Å²) in [6.45, 7) is 3.40. The minimum absolute atomic E-state index is 0.0536. The van der Waals surface area contributed by atoms with E-state index in [4.69, 9.17) is 38.0 Å². The smallest absolute Gasteiger partial charge is 0.256 e. The van der Waals surface area contributed by atoms with E-state index in [1.807, 2.05) is 0 Å². The summed E-state index contributed by atoms with van der Waals surface area (Å²) in [5.41, 5.74) is 0.0504. The molecule has 122 valence electrons. The Labute approximate surface area is 136 Å². The molecule has 3 heterocycles. The Kier molecular flexibility index (Phi) is 4.17. The van der Waals surface area contributed by atoms with Gasteiger partial charge < -0.3 is 19.3 Å². The van der Waals surface area contributed by atoms with E-state index in [1.54, 1.807) is 24.6 Å². The number of nitrogens with one attached hydrogen (secondary N) is 1. The zero-order valence-corrected chi connectivity index (χ0v) is 13.7. The van der Waals surface area contributed by atoms with E-state index >= 15 is 0 Å². The topological polar surface area (TPSA) is 85.7 Å². The Morgan fingerprint density at radius 2 is 2.14 bits per heavy atom. The molecule has 3 rings (SSSR count). The number of hydrogen-bond donors (Lipinski definition) is 2. The van der Waals surface area contributed by atoms with Crippen LogP contribution in [0.3, 0.4) is 0 Å². The Morgan fingerprint density at radius 3 is 2.77 bits per heavy atom. The number of alkyl halides is 1. The van der Waals surface area contributed by atoms with Crippen molar-refractivity contribution in [2.24, 2.45) is 0 Å². The number of aromatic nitrogens is 2. The number of ether oxygens (including phenoxy) is 3. The second-order valence-electron chi connectivity index (χ2n) is 5.77. The van der Waals surface area contributed by atoms with Gasteiger partial charge in [-0.05, 0) is 26.1 Å². The SMILES string of the molecule is CC1(C)OC2C(O1)[C@@H](CO)O[C@H]2n1cc(CCl)c(=O)[nH]c1=S. The van der Waals surface area contributed by atoms with E-state index < -0.39 is 30.3 Å². The maximum Gasteiger partial charge on any atom is 0.256 e. The highest BCUT2D eigenvalue weighted by atomic mass is 35.5.